The van der Waals surface area contributed by atoms with E-state index < -0.39 is 0 Å². The molecule has 2 amide bonds. The molecule has 1 aliphatic carbocycles. The minimum Gasteiger partial charge on any atom is -0.378 e. The van der Waals surface area contributed by atoms with Crippen LogP contribution >= 0.6 is 0 Å². The van der Waals surface area contributed by atoms with Gasteiger partial charge in [0.05, 0.1) is 6.10 Å². The highest BCUT2D eigenvalue weighted by molar-refractivity contribution is 5.74. The molecule has 1 aliphatic rings. The van der Waals surface area contributed by atoms with Crippen molar-refractivity contribution >= 4 is 6.03 Å². The van der Waals surface area contributed by atoms with E-state index in [0.29, 0.717) is 25.7 Å². The summed E-state index contributed by atoms with van der Waals surface area (Å²) < 4.78 is 5.82. The molecule has 0 aromatic heterocycles. The van der Waals surface area contributed by atoms with Crippen molar-refractivity contribution < 1.29 is 9.53 Å². The molecule has 0 aromatic rings. The second-order valence-corrected chi connectivity index (χ2v) is 5.20. The van der Waals surface area contributed by atoms with Crippen molar-refractivity contribution in [1.82, 2.24) is 10.2 Å². The van der Waals surface area contributed by atoms with Gasteiger partial charge in [0.2, 0.25) is 0 Å². The van der Waals surface area contributed by atoms with E-state index in [0.717, 1.165) is 13.0 Å². The number of nitrogens with one attached hydrogen (secondary N) is 1. The van der Waals surface area contributed by atoms with E-state index in [9.17, 15) is 4.79 Å². The van der Waals surface area contributed by atoms with E-state index in [-0.39, 0.29) is 6.03 Å². The summed E-state index contributed by atoms with van der Waals surface area (Å²) in [6, 6.07) is -0.0672. The molecule has 114 valence electrons. The largest absolute Gasteiger partial charge is 0.378 e. The Hall–Kier alpha value is -1.29. The summed E-state index contributed by atoms with van der Waals surface area (Å²) in [6.45, 7) is 9.76. The Kier molecular flexibility index (Phi) is 8.79. The minimum atomic E-state index is -0.0672. The second-order valence-electron chi connectivity index (χ2n) is 5.20. The molecule has 0 bridgehead atoms. The van der Waals surface area contributed by atoms with Crippen LogP contribution in [0.3, 0.4) is 0 Å². The van der Waals surface area contributed by atoms with E-state index >= 15 is 0 Å². The van der Waals surface area contributed by atoms with Crippen LogP contribution in [0, 0.1) is 0 Å². The number of hydrogen-bond donors (Lipinski definition) is 1. The summed E-state index contributed by atoms with van der Waals surface area (Å²) in [7, 11) is 0. The van der Waals surface area contributed by atoms with Crippen molar-refractivity contribution in [1.29, 1.82) is 0 Å². The number of hydrogen-bond acceptors (Lipinski definition) is 2. The molecule has 0 heterocycles. The zero-order chi connectivity index (χ0) is 14.6. The van der Waals surface area contributed by atoms with E-state index in [1.165, 1.54) is 32.1 Å². The van der Waals surface area contributed by atoms with Crippen LogP contribution in [0.2, 0.25) is 0 Å². The number of urea groups is 1. The average Bonchev–Trinajstić information content (AvgIpc) is 2.47. The van der Waals surface area contributed by atoms with Gasteiger partial charge in [-0.05, 0) is 19.3 Å². The molecule has 0 aromatic carbocycles. The van der Waals surface area contributed by atoms with Gasteiger partial charge < -0.3 is 15.0 Å². The fraction of sp³-hybridized carbons (Fsp3) is 0.688. The van der Waals surface area contributed by atoms with Crippen LogP contribution < -0.4 is 5.32 Å². The molecule has 4 heteroatoms. The monoisotopic (exact) mass is 280 g/mol. The summed E-state index contributed by atoms with van der Waals surface area (Å²) in [5, 5.41) is 2.90. The molecule has 1 N–H and O–H groups in total. The molecule has 4 nitrogen and oxygen atoms in total. The lowest BCUT2D eigenvalue weighted by molar-refractivity contribution is 0.0275. The Morgan fingerprint density at radius 2 is 1.85 bits per heavy atom. The highest BCUT2D eigenvalue weighted by atomic mass is 16.5. The normalized spacial score (nSPS) is 15.6. The number of carbonyl (C=O) groups excluding carboxylic acids is 1. The predicted octanol–water partition coefficient (Wildman–Crippen LogP) is 3.11. The van der Waals surface area contributed by atoms with Crippen LogP contribution in [-0.4, -0.2) is 43.3 Å². The molecular formula is C16H28N2O2. The zero-order valence-corrected chi connectivity index (χ0v) is 12.5. The van der Waals surface area contributed by atoms with E-state index in [2.05, 4.69) is 18.5 Å². The fourth-order valence-corrected chi connectivity index (χ4v) is 2.41. The molecule has 0 unspecified atom stereocenters. The number of rotatable bonds is 9. The number of carbonyl (C=O) groups is 1. The maximum atomic E-state index is 11.9. The lowest BCUT2D eigenvalue weighted by atomic mass is 9.98. The third-order valence-corrected chi connectivity index (χ3v) is 3.49. The van der Waals surface area contributed by atoms with Gasteiger partial charge in [-0.2, -0.15) is 0 Å². The van der Waals surface area contributed by atoms with Crippen LogP contribution in [0.25, 0.3) is 0 Å². The minimum absolute atomic E-state index is 0.0672. The van der Waals surface area contributed by atoms with Crippen LogP contribution in [0.1, 0.15) is 38.5 Å². The Bertz CT molecular complexity index is 289. The highest BCUT2D eigenvalue weighted by Crippen LogP contribution is 2.20. The summed E-state index contributed by atoms with van der Waals surface area (Å²) in [4.78, 5) is 13.5. The molecular weight excluding hydrogens is 252 g/mol. The standard InChI is InChI=1S/C16H28N2O2/c1-3-12-18(13-4-2)16(19)17-11-8-14-20-15-9-6-5-7-10-15/h3-4,15H,1-2,5-14H2,(H,17,19). The Labute approximate surface area is 122 Å². The van der Waals surface area contributed by atoms with Gasteiger partial charge >= 0.3 is 6.03 Å². The molecule has 0 atom stereocenters. The van der Waals surface area contributed by atoms with Crippen LogP contribution in [0.4, 0.5) is 4.79 Å². The predicted molar refractivity (Wildman–Crippen MR) is 82.8 cm³/mol. The summed E-state index contributed by atoms with van der Waals surface area (Å²) in [6.07, 6.45) is 11.1. The molecule has 0 spiro atoms. The first-order valence-electron chi connectivity index (χ1n) is 7.64. The maximum Gasteiger partial charge on any atom is 0.317 e. The first kappa shape index (κ1) is 16.8. The zero-order valence-electron chi connectivity index (χ0n) is 12.5. The first-order valence-corrected chi connectivity index (χ1v) is 7.64. The SMILES string of the molecule is C=CCN(CC=C)C(=O)NCCCOC1CCCCC1. The average molecular weight is 280 g/mol. The van der Waals surface area contributed by atoms with Gasteiger partial charge in [-0.15, -0.1) is 13.2 Å². The summed E-state index contributed by atoms with van der Waals surface area (Å²) in [5.74, 6) is 0. The number of amides is 2. The lowest BCUT2D eigenvalue weighted by Crippen LogP contribution is -2.40. The van der Waals surface area contributed by atoms with E-state index in [4.69, 9.17) is 4.74 Å². The first-order chi connectivity index (χ1) is 9.77. The third kappa shape index (κ3) is 6.75. The van der Waals surface area contributed by atoms with Crippen molar-refractivity contribution in [2.45, 2.75) is 44.6 Å². The van der Waals surface area contributed by atoms with Crippen molar-refractivity contribution in [2.75, 3.05) is 26.2 Å². The van der Waals surface area contributed by atoms with Crippen LogP contribution in [-0.2, 0) is 4.74 Å². The highest BCUT2D eigenvalue weighted by Gasteiger charge is 2.13. The number of nitrogens with zero attached hydrogens (tertiary/aromatic N) is 1. The van der Waals surface area contributed by atoms with Gasteiger partial charge in [0, 0.05) is 26.2 Å². The second kappa shape index (κ2) is 10.5. The number of ether oxygens (including phenoxy) is 1. The molecule has 0 aliphatic heterocycles. The molecule has 1 rings (SSSR count). The summed E-state index contributed by atoms with van der Waals surface area (Å²) in [5.41, 5.74) is 0. The molecule has 1 saturated carbocycles. The Morgan fingerprint density at radius 1 is 1.20 bits per heavy atom. The van der Waals surface area contributed by atoms with Crippen LogP contribution in [0.15, 0.2) is 25.3 Å². The van der Waals surface area contributed by atoms with E-state index in [1.54, 1.807) is 17.1 Å². The van der Waals surface area contributed by atoms with Gasteiger partial charge in [0.1, 0.15) is 0 Å². The van der Waals surface area contributed by atoms with Crippen molar-refractivity contribution in [3.8, 4) is 0 Å². The molecule has 20 heavy (non-hydrogen) atoms. The lowest BCUT2D eigenvalue weighted by Gasteiger charge is -2.22. The van der Waals surface area contributed by atoms with Crippen LogP contribution in [0.5, 0.6) is 0 Å². The Balaban J connectivity index is 2.07. The topological polar surface area (TPSA) is 41.6 Å². The van der Waals surface area contributed by atoms with Gasteiger partial charge in [0.15, 0.2) is 0 Å². The quantitative estimate of drug-likeness (QED) is 0.521. The fourth-order valence-electron chi connectivity index (χ4n) is 2.41. The van der Waals surface area contributed by atoms with Crippen molar-refractivity contribution in [3.63, 3.8) is 0 Å². The smallest absolute Gasteiger partial charge is 0.317 e. The van der Waals surface area contributed by atoms with Gasteiger partial charge in [0.25, 0.3) is 0 Å². The maximum absolute atomic E-state index is 11.9. The van der Waals surface area contributed by atoms with Crippen molar-refractivity contribution in [2.24, 2.45) is 0 Å². The molecule has 0 saturated heterocycles. The Morgan fingerprint density at radius 3 is 2.45 bits per heavy atom. The molecule has 0 radical (unpaired) electrons. The third-order valence-electron chi connectivity index (χ3n) is 3.49. The van der Waals surface area contributed by atoms with Gasteiger partial charge in [-0.1, -0.05) is 31.4 Å². The van der Waals surface area contributed by atoms with Gasteiger partial charge in [-0.25, -0.2) is 4.79 Å². The summed E-state index contributed by atoms with van der Waals surface area (Å²) >= 11 is 0. The van der Waals surface area contributed by atoms with E-state index in [1.807, 2.05) is 0 Å². The van der Waals surface area contributed by atoms with Crippen molar-refractivity contribution in [3.05, 3.63) is 25.3 Å². The molecule has 1 fully saturated rings. The van der Waals surface area contributed by atoms with Gasteiger partial charge in [-0.3, -0.25) is 0 Å².